The van der Waals surface area contributed by atoms with Gasteiger partial charge in [0, 0.05) is 24.2 Å². The monoisotopic (exact) mass is 208 g/mol. The van der Waals surface area contributed by atoms with Crippen molar-refractivity contribution in [2.24, 2.45) is 0 Å². The Morgan fingerprint density at radius 2 is 2.00 bits per heavy atom. The second-order valence-electron chi connectivity index (χ2n) is 2.92. The number of benzene rings is 1. The van der Waals surface area contributed by atoms with E-state index >= 15 is 0 Å². The third-order valence-electron chi connectivity index (χ3n) is 1.70. The molecule has 0 aliphatic carbocycles. The van der Waals surface area contributed by atoms with Crippen molar-refractivity contribution in [3.63, 3.8) is 0 Å². The highest BCUT2D eigenvalue weighted by atomic mass is 16.5. The van der Waals surface area contributed by atoms with Crippen molar-refractivity contribution in [2.45, 2.75) is 6.92 Å². The number of amides is 1. The minimum absolute atomic E-state index is 0.0434. The van der Waals surface area contributed by atoms with Gasteiger partial charge in [-0.2, -0.15) is 0 Å². The van der Waals surface area contributed by atoms with Crippen molar-refractivity contribution in [1.82, 2.24) is 0 Å². The first-order chi connectivity index (χ1) is 7.02. The number of ether oxygens (including phenoxy) is 1. The van der Waals surface area contributed by atoms with Gasteiger partial charge in [-0.05, 0) is 12.1 Å². The summed E-state index contributed by atoms with van der Waals surface area (Å²) in [6.07, 6.45) is 0. The molecular formula is C10H10NO4-. The van der Waals surface area contributed by atoms with Crippen molar-refractivity contribution >= 4 is 17.6 Å². The van der Waals surface area contributed by atoms with Crippen LogP contribution in [-0.4, -0.2) is 19.0 Å². The first-order valence-corrected chi connectivity index (χ1v) is 4.21. The van der Waals surface area contributed by atoms with Gasteiger partial charge in [0.1, 0.15) is 5.75 Å². The first kappa shape index (κ1) is 11.0. The Balaban J connectivity index is 3.11. The smallest absolute Gasteiger partial charge is 0.221 e. The van der Waals surface area contributed by atoms with Crippen LogP contribution in [0.4, 0.5) is 5.69 Å². The molecule has 0 spiro atoms. The molecule has 0 fully saturated rings. The SMILES string of the molecule is COc1cc(NC(C)=O)cc(C(=O)[O-])c1. The minimum atomic E-state index is -1.32. The zero-order valence-corrected chi connectivity index (χ0v) is 8.37. The van der Waals surface area contributed by atoms with Gasteiger partial charge in [-0.25, -0.2) is 0 Å². The van der Waals surface area contributed by atoms with Crippen molar-refractivity contribution < 1.29 is 19.4 Å². The fourth-order valence-corrected chi connectivity index (χ4v) is 1.11. The Bertz CT molecular complexity index is 400. The molecule has 0 aliphatic heterocycles. The van der Waals surface area contributed by atoms with Gasteiger partial charge >= 0.3 is 0 Å². The van der Waals surface area contributed by atoms with Crippen LogP contribution >= 0.6 is 0 Å². The van der Waals surface area contributed by atoms with E-state index in [1.165, 1.54) is 32.2 Å². The predicted molar refractivity (Wildman–Crippen MR) is 51.6 cm³/mol. The number of methoxy groups -OCH3 is 1. The Hall–Kier alpha value is -2.04. The fraction of sp³-hybridized carbons (Fsp3) is 0.200. The van der Waals surface area contributed by atoms with Gasteiger partial charge < -0.3 is 20.0 Å². The molecule has 15 heavy (non-hydrogen) atoms. The van der Waals surface area contributed by atoms with Crippen LogP contribution in [0, 0.1) is 0 Å². The number of carbonyl (C=O) groups is 2. The number of aromatic carboxylic acids is 1. The van der Waals surface area contributed by atoms with E-state index < -0.39 is 5.97 Å². The highest BCUT2D eigenvalue weighted by Gasteiger charge is 2.03. The summed E-state index contributed by atoms with van der Waals surface area (Å²) in [5.41, 5.74) is 0.319. The summed E-state index contributed by atoms with van der Waals surface area (Å²) in [5, 5.41) is 13.1. The second kappa shape index (κ2) is 4.45. The van der Waals surface area contributed by atoms with Gasteiger partial charge in [-0.1, -0.05) is 0 Å². The molecule has 0 radical (unpaired) electrons. The molecule has 0 atom stereocenters. The lowest BCUT2D eigenvalue weighted by Gasteiger charge is -2.09. The average Bonchev–Trinajstić information content (AvgIpc) is 2.16. The van der Waals surface area contributed by atoms with Crippen molar-refractivity contribution in [1.29, 1.82) is 0 Å². The fourth-order valence-electron chi connectivity index (χ4n) is 1.11. The van der Waals surface area contributed by atoms with E-state index in [4.69, 9.17) is 4.74 Å². The lowest BCUT2D eigenvalue weighted by Crippen LogP contribution is -2.22. The van der Waals surface area contributed by atoms with E-state index in [-0.39, 0.29) is 11.5 Å². The summed E-state index contributed by atoms with van der Waals surface area (Å²) >= 11 is 0. The maximum absolute atomic E-state index is 10.8. The van der Waals surface area contributed by atoms with Crippen LogP contribution in [-0.2, 0) is 4.79 Å². The highest BCUT2D eigenvalue weighted by Crippen LogP contribution is 2.20. The highest BCUT2D eigenvalue weighted by molar-refractivity contribution is 5.92. The number of hydrogen-bond acceptors (Lipinski definition) is 4. The summed E-state index contributed by atoms with van der Waals surface area (Å²) in [6, 6.07) is 4.15. The van der Waals surface area contributed by atoms with Crippen LogP contribution in [0.15, 0.2) is 18.2 Å². The maximum atomic E-state index is 10.8. The molecule has 0 saturated heterocycles. The Labute approximate surface area is 86.7 Å². The third-order valence-corrected chi connectivity index (χ3v) is 1.70. The number of nitrogens with one attached hydrogen (secondary N) is 1. The van der Waals surface area contributed by atoms with E-state index in [0.29, 0.717) is 11.4 Å². The molecule has 0 saturated carbocycles. The van der Waals surface area contributed by atoms with Gasteiger partial charge in [-0.15, -0.1) is 0 Å². The number of carboxylic acid groups (broad SMARTS) is 1. The molecular weight excluding hydrogens is 198 g/mol. The molecule has 1 aromatic rings. The molecule has 80 valence electrons. The lowest BCUT2D eigenvalue weighted by molar-refractivity contribution is -0.255. The number of hydrogen-bond donors (Lipinski definition) is 1. The van der Waals surface area contributed by atoms with Crippen LogP contribution in [0.5, 0.6) is 5.75 Å². The van der Waals surface area contributed by atoms with Gasteiger partial charge in [-0.3, -0.25) is 4.79 Å². The normalized spacial score (nSPS) is 9.47. The minimum Gasteiger partial charge on any atom is -0.545 e. The maximum Gasteiger partial charge on any atom is 0.221 e. The molecule has 1 aromatic carbocycles. The summed E-state index contributed by atoms with van der Waals surface area (Å²) in [5.74, 6) is -1.26. The molecule has 0 aromatic heterocycles. The molecule has 0 aliphatic rings. The third kappa shape index (κ3) is 2.98. The van der Waals surface area contributed by atoms with E-state index in [1.54, 1.807) is 0 Å². The molecule has 1 N–H and O–H groups in total. The van der Waals surface area contributed by atoms with E-state index in [2.05, 4.69) is 5.32 Å². The number of carboxylic acids is 1. The van der Waals surface area contributed by atoms with Gasteiger partial charge in [0.2, 0.25) is 5.91 Å². The topological polar surface area (TPSA) is 78.5 Å². The van der Waals surface area contributed by atoms with Gasteiger partial charge in [0.15, 0.2) is 0 Å². The van der Waals surface area contributed by atoms with E-state index in [0.717, 1.165) is 0 Å². The molecule has 1 amide bonds. The Kier molecular flexibility index (Phi) is 3.28. The molecule has 5 nitrogen and oxygen atoms in total. The summed E-state index contributed by atoms with van der Waals surface area (Å²) in [4.78, 5) is 21.4. The first-order valence-electron chi connectivity index (χ1n) is 4.21. The quantitative estimate of drug-likeness (QED) is 0.759. The van der Waals surface area contributed by atoms with Gasteiger partial charge in [0.25, 0.3) is 0 Å². The number of rotatable bonds is 3. The molecule has 1 rings (SSSR count). The summed E-state index contributed by atoms with van der Waals surface area (Å²) in [7, 11) is 1.41. The average molecular weight is 208 g/mol. The Morgan fingerprint density at radius 1 is 1.33 bits per heavy atom. The van der Waals surface area contributed by atoms with Crippen molar-refractivity contribution in [3.8, 4) is 5.75 Å². The second-order valence-corrected chi connectivity index (χ2v) is 2.92. The van der Waals surface area contributed by atoms with Crippen LogP contribution in [0.2, 0.25) is 0 Å². The van der Waals surface area contributed by atoms with Crippen LogP contribution in [0.3, 0.4) is 0 Å². The molecule has 0 bridgehead atoms. The molecule has 0 unspecified atom stereocenters. The Morgan fingerprint density at radius 3 is 2.47 bits per heavy atom. The van der Waals surface area contributed by atoms with Crippen molar-refractivity contribution in [3.05, 3.63) is 23.8 Å². The van der Waals surface area contributed by atoms with Crippen LogP contribution < -0.4 is 15.2 Å². The zero-order chi connectivity index (χ0) is 11.4. The summed E-state index contributed by atoms with van der Waals surface area (Å²) in [6.45, 7) is 1.33. The largest absolute Gasteiger partial charge is 0.545 e. The standard InChI is InChI=1S/C10H11NO4/c1-6(12)11-8-3-7(10(13)14)4-9(5-8)15-2/h3-5H,1-2H3,(H,11,12)(H,13,14)/p-1. The van der Waals surface area contributed by atoms with Gasteiger partial charge in [0.05, 0.1) is 13.1 Å². The molecule has 5 heteroatoms. The molecule has 0 heterocycles. The van der Waals surface area contributed by atoms with E-state index in [9.17, 15) is 14.7 Å². The number of anilines is 1. The summed E-state index contributed by atoms with van der Waals surface area (Å²) < 4.78 is 4.88. The lowest BCUT2D eigenvalue weighted by atomic mass is 10.2. The van der Waals surface area contributed by atoms with Crippen LogP contribution in [0.25, 0.3) is 0 Å². The van der Waals surface area contributed by atoms with Crippen LogP contribution in [0.1, 0.15) is 17.3 Å². The van der Waals surface area contributed by atoms with Crippen molar-refractivity contribution in [2.75, 3.05) is 12.4 Å². The predicted octanol–water partition coefficient (Wildman–Crippen LogP) is 0.0171. The zero-order valence-electron chi connectivity index (χ0n) is 8.37. The number of carbonyl (C=O) groups excluding carboxylic acids is 2. The van der Waals surface area contributed by atoms with E-state index in [1.807, 2.05) is 0 Å².